The lowest BCUT2D eigenvalue weighted by Gasteiger charge is -2.22. The molecular formula is C16H15ClF2N2O4S. The molecule has 1 N–H and O–H groups in total. The maximum absolute atomic E-state index is 12.4. The summed E-state index contributed by atoms with van der Waals surface area (Å²) in [5.41, 5.74) is 0.199. The van der Waals surface area contributed by atoms with E-state index in [9.17, 15) is 22.0 Å². The summed E-state index contributed by atoms with van der Waals surface area (Å²) >= 11 is 5.86. The third-order valence-electron chi connectivity index (χ3n) is 3.16. The van der Waals surface area contributed by atoms with Gasteiger partial charge in [0.2, 0.25) is 15.9 Å². The number of hydrogen-bond donors (Lipinski definition) is 1. The van der Waals surface area contributed by atoms with Gasteiger partial charge in [-0.3, -0.25) is 9.10 Å². The van der Waals surface area contributed by atoms with Crippen molar-refractivity contribution in [3.05, 3.63) is 53.6 Å². The maximum atomic E-state index is 12.4. The van der Waals surface area contributed by atoms with Crippen molar-refractivity contribution in [2.45, 2.75) is 6.61 Å². The summed E-state index contributed by atoms with van der Waals surface area (Å²) in [5.74, 6) is -0.967. The monoisotopic (exact) mass is 404 g/mol. The quantitative estimate of drug-likeness (QED) is 0.767. The van der Waals surface area contributed by atoms with E-state index in [1.807, 2.05) is 0 Å². The topological polar surface area (TPSA) is 75.7 Å². The molecule has 0 aliphatic rings. The summed E-state index contributed by atoms with van der Waals surface area (Å²) in [4.78, 5) is 12.3. The van der Waals surface area contributed by atoms with Crippen LogP contribution in [0.2, 0.25) is 5.02 Å². The van der Waals surface area contributed by atoms with Gasteiger partial charge in [0.25, 0.3) is 0 Å². The minimum Gasteiger partial charge on any atom is -0.433 e. The van der Waals surface area contributed by atoms with E-state index in [0.29, 0.717) is 5.02 Å². The zero-order valence-electron chi connectivity index (χ0n) is 13.5. The normalized spacial score (nSPS) is 11.3. The highest BCUT2D eigenvalue weighted by Crippen LogP contribution is 2.26. The lowest BCUT2D eigenvalue weighted by atomic mass is 10.3. The molecule has 0 saturated carbocycles. The van der Waals surface area contributed by atoms with Gasteiger partial charge in [-0.05, 0) is 30.3 Å². The Kier molecular flexibility index (Phi) is 6.38. The fourth-order valence-corrected chi connectivity index (χ4v) is 3.15. The van der Waals surface area contributed by atoms with Crippen molar-refractivity contribution in [1.29, 1.82) is 0 Å². The number of carbonyl (C=O) groups excluding carboxylic acids is 1. The fourth-order valence-electron chi connectivity index (χ4n) is 2.12. The van der Waals surface area contributed by atoms with Crippen molar-refractivity contribution < 1.29 is 26.7 Å². The van der Waals surface area contributed by atoms with Gasteiger partial charge in [0, 0.05) is 5.02 Å². The van der Waals surface area contributed by atoms with Gasteiger partial charge in [0.15, 0.2) is 0 Å². The molecule has 2 aromatic rings. The zero-order chi connectivity index (χ0) is 19.3. The second-order valence-corrected chi connectivity index (χ2v) is 7.52. The van der Waals surface area contributed by atoms with Crippen molar-refractivity contribution in [3.63, 3.8) is 0 Å². The number of benzene rings is 2. The van der Waals surface area contributed by atoms with E-state index < -0.39 is 29.1 Å². The Bertz CT molecular complexity index is 893. The van der Waals surface area contributed by atoms with Crippen LogP contribution in [-0.4, -0.2) is 33.7 Å². The second kappa shape index (κ2) is 8.33. The molecule has 0 fully saturated rings. The fraction of sp³-hybridized carbons (Fsp3) is 0.188. The molecule has 0 aliphatic heterocycles. The van der Waals surface area contributed by atoms with Crippen LogP contribution in [-0.2, 0) is 14.8 Å². The minimum absolute atomic E-state index is 0.00246. The van der Waals surface area contributed by atoms with E-state index in [2.05, 4.69) is 10.1 Å². The van der Waals surface area contributed by atoms with Crippen LogP contribution in [0, 0.1) is 0 Å². The first-order chi connectivity index (χ1) is 12.2. The molecule has 0 heterocycles. The number of sulfonamides is 1. The van der Waals surface area contributed by atoms with Gasteiger partial charge in [-0.25, -0.2) is 8.42 Å². The Balaban J connectivity index is 2.21. The summed E-state index contributed by atoms with van der Waals surface area (Å²) < 4.78 is 54.1. The van der Waals surface area contributed by atoms with Gasteiger partial charge in [0.05, 0.1) is 17.6 Å². The van der Waals surface area contributed by atoms with Gasteiger partial charge in [-0.15, -0.1) is 0 Å². The van der Waals surface area contributed by atoms with Gasteiger partial charge in [-0.2, -0.15) is 8.78 Å². The molecule has 2 aromatic carbocycles. The van der Waals surface area contributed by atoms with E-state index in [0.717, 1.165) is 10.6 Å². The average molecular weight is 405 g/mol. The van der Waals surface area contributed by atoms with E-state index in [1.165, 1.54) is 36.4 Å². The third kappa shape index (κ3) is 5.57. The van der Waals surface area contributed by atoms with Crippen molar-refractivity contribution >= 4 is 38.9 Å². The SMILES string of the molecule is CS(=O)(=O)N(CC(=O)Nc1ccccc1OC(F)F)c1cccc(Cl)c1. The van der Waals surface area contributed by atoms with Crippen molar-refractivity contribution in [1.82, 2.24) is 0 Å². The standard InChI is InChI=1S/C16H15ClF2N2O4S/c1-26(23,24)21(12-6-4-5-11(17)9-12)10-15(22)20-13-7-2-3-8-14(13)25-16(18)19/h2-9,16H,10H2,1H3,(H,20,22). The Labute approximate surface area is 154 Å². The smallest absolute Gasteiger partial charge is 0.387 e. The second-order valence-electron chi connectivity index (χ2n) is 5.17. The number of carbonyl (C=O) groups is 1. The van der Waals surface area contributed by atoms with Crippen LogP contribution in [0.15, 0.2) is 48.5 Å². The predicted molar refractivity (Wildman–Crippen MR) is 95.3 cm³/mol. The molecule has 0 aliphatic carbocycles. The van der Waals surface area contributed by atoms with Crippen molar-refractivity contribution in [2.75, 3.05) is 22.4 Å². The summed E-state index contributed by atoms with van der Waals surface area (Å²) in [5, 5.41) is 2.66. The molecule has 140 valence electrons. The molecular weight excluding hydrogens is 390 g/mol. The molecule has 0 radical (unpaired) electrons. The number of alkyl halides is 2. The van der Waals surface area contributed by atoms with Gasteiger partial charge >= 0.3 is 6.61 Å². The van der Waals surface area contributed by atoms with Crippen molar-refractivity contribution in [3.8, 4) is 5.75 Å². The van der Waals surface area contributed by atoms with Gasteiger partial charge in [-0.1, -0.05) is 29.8 Å². The number of rotatable bonds is 7. The van der Waals surface area contributed by atoms with Crippen LogP contribution in [0.3, 0.4) is 0 Å². The number of anilines is 2. The zero-order valence-corrected chi connectivity index (χ0v) is 15.1. The van der Waals surface area contributed by atoms with Crippen LogP contribution < -0.4 is 14.4 Å². The van der Waals surface area contributed by atoms with Gasteiger partial charge in [0.1, 0.15) is 12.3 Å². The highest BCUT2D eigenvalue weighted by atomic mass is 35.5. The van der Waals surface area contributed by atoms with Crippen molar-refractivity contribution in [2.24, 2.45) is 0 Å². The van der Waals surface area contributed by atoms with E-state index in [1.54, 1.807) is 12.1 Å². The number of amides is 1. The molecule has 0 saturated heterocycles. The molecule has 26 heavy (non-hydrogen) atoms. The highest BCUT2D eigenvalue weighted by Gasteiger charge is 2.22. The molecule has 10 heteroatoms. The molecule has 0 unspecified atom stereocenters. The van der Waals surface area contributed by atoms with Crippen LogP contribution >= 0.6 is 11.6 Å². The van der Waals surface area contributed by atoms with E-state index in [4.69, 9.17) is 11.6 Å². The van der Waals surface area contributed by atoms with Gasteiger partial charge < -0.3 is 10.1 Å². The summed E-state index contributed by atoms with van der Waals surface area (Å²) in [6.07, 6.45) is 0.940. The lowest BCUT2D eigenvalue weighted by Crippen LogP contribution is -2.37. The average Bonchev–Trinajstić information content (AvgIpc) is 2.53. The third-order valence-corrected chi connectivity index (χ3v) is 4.54. The minimum atomic E-state index is -3.79. The van der Waals surface area contributed by atoms with Crippen LogP contribution in [0.25, 0.3) is 0 Å². The molecule has 0 atom stereocenters. The molecule has 2 rings (SSSR count). The van der Waals surface area contributed by atoms with Crippen LogP contribution in [0.4, 0.5) is 20.2 Å². The number of nitrogens with zero attached hydrogens (tertiary/aromatic N) is 1. The molecule has 1 amide bonds. The number of nitrogens with one attached hydrogen (secondary N) is 1. The Morgan fingerprint density at radius 2 is 1.92 bits per heavy atom. The maximum Gasteiger partial charge on any atom is 0.387 e. The summed E-state index contributed by atoms with van der Waals surface area (Å²) in [7, 11) is -3.79. The first-order valence-corrected chi connectivity index (χ1v) is 9.46. The van der Waals surface area contributed by atoms with Crippen LogP contribution in [0.5, 0.6) is 5.75 Å². The Morgan fingerprint density at radius 1 is 1.23 bits per heavy atom. The number of hydrogen-bond acceptors (Lipinski definition) is 4. The Morgan fingerprint density at radius 3 is 2.54 bits per heavy atom. The molecule has 0 aromatic heterocycles. The summed E-state index contributed by atoms with van der Waals surface area (Å²) in [6, 6.07) is 11.6. The van der Waals surface area contributed by atoms with Crippen LogP contribution in [0.1, 0.15) is 0 Å². The van der Waals surface area contributed by atoms with E-state index in [-0.39, 0.29) is 17.1 Å². The summed E-state index contributed by atoms with van der Waals surface area (Å²) in [6.45, 7) is -3.63. The highest BCUT2D eigenvalue weighted by molar-refractivity contribution is 7.92. The first-order valence-electron chi connectivity index (χ1n) is 7.24. The number of ether oxygens (including phenoxy) is 1. The largest absolute Gasteiger partial charge is 0.433 e. The first kappa shape index (κ1) is 19.9. The predicted octanol–water partition coefficient (Wildman–Crippen LogP) is 3.35. The molecule has 6 nitrogen and oxygen atoms in total. The molecule has 0 bridgehead atoms. The Hall–Kier alpha value is -2.39. The van der Waals surface area contributed by atoms with E-state index >= 15 is 0 Å². The number of halogens is 3. The lowest BCUT2D eigenvalue weighted by molar-refractivity contribution is -0.114. The molecule has 0 spiro atoms. The number of para-hydroxylation sites is 2.